The highest BCUT2D eigenvalue weighted by Crippen LogP contribution is 2.20. The molecular weight excluding hydrogens is 1010 g/mol. The van der Waals surface area contributed by atoms with E-state index in [9.17, 15) is 19.8 Å². The van der Waals surface area contributed by atoms with Crippen molar-refractivity contribution in [3.05, 3.63) is 12.2 Å². The molecule has 3 N–H and O–H groups in total. The molecule has 2 atom stereocenters. The summed E-state index contributed by atoms with van der Waals surface area (Å²) < 4.78 is 5.47. The van der Waals surface area contributed by atoms with Gasteiger partial charge in [0.25, 0.3) is 0 Å². The molecule has 0 heterocycles. The molecule has 0 saturated carbocycles. The second-order valence-electron chi connectivity index (χ2n) is 26.3. The zero-order valence-corrected chi connectivity index (χ0v) is 56.0. The van der Waals surface area contributed by atoms with Crippen LogP contribution >= 0.6 is 0 Å². The van der Waals surface area contributed by atoms with Gasteiger partial charge in [-0.2, -0.15) is 0 Å². The van der Waals surface area contributed by atoms with Gasteiger partial charge in [0.15, 0.2) is 0 Å². The van der Waals surface area contributed by atoms with E-state index in [1.165, 1.54) is 360 Å². The topological polar surface area (TPSA) is 95.9 Å². The van der Waals surface area contributed by atoms with Crippen molar-refractivity contribution in [1.29, 1.82) is 0 Å². The smallest absolute Gasteiger partial charge is 0.305 e. The van der Waals surface area contributed by atoms with Gasteiger partial charge in [0.1, 0.15) is 0 Å². The molecular formula is C76H149NO5. The van der Waals surface area contributed by atoms with Crippen LogP contribution in [0.15, 0.2) is 12.2 Å². The summed E-state index contributed by atoms with van der Waals surface area (Å²) in [6.45, 7) is 4.97. The van der Waals surface area contributed by atoms with Gasteiger partial charge in [0.05, 0.1) is 25.4 Å². The maximum atomic E-state index is 12.6. The molecule has 0 bridgehead atoms. The molecule has 0 rings (SSSR count). The lowest BCUT2D eigenvalue weighted by Gasteiger charge is -2.22. The van der Waals surface area contributed by atoms with Crippen LogP contribution in [0.3, 0.4) is 0 Å². The fourth-order valence-corrected chi connectivity index (χ4v) is 12.3. The van der Waals surface area contributed by atoms with Gasteiger partial charge < -0.3 is 20.3 Å². The quantitative estimate of drug-likeness (QED) is 0.0320. The second-order valence-corrected chi connectivity index (χ2v) is 26.3. The Kier molecular flexibility index (Phi) is 70.8. The van der Waals surface area contributed by atoms with Gasteiger partial charge in [-0.1, -0.05) is 392 Å². The molecule has 0 fully saturated rings. The van der Waals surface area contributed by atoms with E-state index in [0.717, 1.165) is 44.9 Å². The van der Waals surface area contributed by atoms with E-state index in [1.54, 1.807) is 0 Å². The van der Waals surface area contributed by atoms with Crippen LogP contribution in [0, 0.1) is 0 Å². The molecule has 0 radical (unpaired) electrons. The number of carbonyl (C=O) groups excluding carboxylic acids is 2. The summed E-state index contributed by atoms with van der Waals surface area (Å²) in [7, 11) is 0. The maximum absolute atomic E-state index is 12.6. The van der Waals surface area contributed by atoms with Crippen LogP contribution in [0.25, 0.3) is 0 Å². The molecule has 0 saturated heterocycles. The number of hydrogen-bond acceptors (Lipinski definition) is 5. The molecule has 0 aliphatic heterocycles. The number of hydrogen-bond donors (Lipinski definition) is 3. The SMILES string of the molecule is CCCC/C=C\CCCCCCCC(=O)OCCCCCCCCCCCCCCCCCCCCCCCCCCCCCCCCCCC(=O)NC(CO)C(O)CCCCCCCCCCCCCCCCCCCCCCCC. The Hall–Kier alpha value is -1.40. The van der Waals surface area contributed by atoms with E-state index < -0.39 is 12.1 Å². The summed E-state index contributed by atoms with van der Waals surface area (Å²) in [5.74, 6) is -0.0138. The van der Waals surface area contributed by atoms with Gasteiger partial charge in [-0.05, 0) is 44.9 Å². The first-order valence-electron chi connectivity index (χ1n) is 37.9. The summed E-state index contributed by atoms with van der Waals surface area (Å²) in [6, 6.07) is -0.538. The van der Waals surface area contributed by atoms with E-state index >= 15 is 0 Å². The molecule has 488 valence electrons. The van der Waals surface area contributed by atoms with E-state index in [4.69, 9.17) is 4.74 Å². The number of allylic oxidation sites excluding steroid dienone is 2. The molecule has 0 aliphatic rings. The van der Waals surface area contributed by atoms with Crippen molar-refractivity contribution in [3.63, 3.8) is 0 Å². The lowest BCUT2D eigenvalue weighted by atomic mass is 10.0. The number of ether oxygens (including phenoxy) is 1. The van der Waals surface area contributed by atoms with E-state index in [-0.39, 0.29) is 18.5 Å². The number of aliphatic hydroxyl groups excluding tert-OH is 2. The number of nitrogens with one attached hydrogen (secondary N) is 1. The van der Waals surface area contributed by atoms with Crippen molar-refractivity contribution in [2.24, 2.45) is 0 Å². The fraction of sp³-hybridized carbons (Fsp3) is 0.947. The first-order chi connectivity index (χ1) is 40.5. The number of amides is 1. The van der Waals surface area contributed by atoms with Gasteiger partial charge in [0, 0.05) is 12.8 Å². The standard InChI is InChI=1S/C76H149NO5/c1-3-5-7-9-11-13-15-16-17-18-19-20-33-36-39-42-45-49-52-56-60-64-68-74(79)73(72-78)77-75(80)69-65-61-57-53-50-46-43-40-37-34-31-29-27-25-23-21-22-24-26-28-30-32-35-38-41-44-47-51-55-59-63-67-71-82-76(81)70-66-62-58-54-48-14-12-10-8-6-4-2/h10,12,73-74,78-79H,3-9,11,13-72H2,1-2H3,(H,77,80)/b12-10-. The predicted octanol–water partition coefficient (Wildman–Crippen LogP) is 24.7. The third-order valence-corrected chi connectivity index (χ3v) is 18.1. The van der Waals surface area contributed by atoms with Gasteiger partial charge in [0.2, 0.25) is 5.91 Å². The minimum absolute atomic E-state index is 0.0110. The molecule has 1 amide bonds. The molecule has 0 spiro atoms. The predicted molar refractivity (Wildman–Crippen MR) is 361 cm³/mol. The Bertz CT molecular complexity index is 1240. The highest BCUT2D eigenvalue weighted by molar-refractivity contribution is 5.76. The average molecular weight is 1160 g/mol. The first kappa shape index (κ1) is 80.6. The Morgan fingerprint density at radius 1 is 0.329 bits per heavy atom. The third kappa shape index (κ3) is 67.7. The fourth-order valence-electron chi connectivity index (χ4n) is 12.3. The summed E-state index contributed by atoms with van der Waals surface area (Å²) >= 11 is 0. The van der Waals surface area contributed by atoms with Gasteiger partial charge in [-0.25, -0.2) is 0 Å². The Morgan fingerprint density at radius 3 is 0.902 bits per heavy atom. The lowest BCUT2D eigenvalue weighted by molar-refractivity contribution is -0.143. The van der Waals surface area contributed by atoms with Gasteiger partial charge in [-0.3, -0.25) is 9.59 Å². The highest BCUT2D eigenvalue weighted by atomic mass is 16.5. The van der Waals surface area contributed by atoms with Crippen LogP contribution in [0.5, 0.6) is 0 Å². The normalized spacial score (nSPS) is 12.5. The van der Waals surface area contributed by atoms with Crippen LogP contribution in [0.1, 0.15) is 438 Å². The van der Waals surface area contributed by atoms with Crippen molar-refractivity contribution in [2.75, 3.05) is 13.2 Å². The zero-order chi connectivity index (χ0) is 59.2. The summed E-state index contributed by atoms with van der Waals surface area (Å²) in [5.41, 5.74) is 0. The minimum Gasteiger partial charge on any atom is -0.466 e. The van der Waals surface area contributed by atoms with Crippen molar-refractivity contribution in [1.82, 2.24) is 5.32 Å². The molecule has 0 aromatic heterocycles. The molecule has 0 aromatic rings. The Balaban J connectivity index is 3.33. The number of aliphatic hydroxyl groups is 2. The number of unbranched alkanes of at least 4 members (excludes halogenated alkanes) is 59. The van der Waals surface area contributed by atoms with Crippen molar-refractivity contribution in [2.45, 2.75) is 450 Å². The molecule has 0 aliphatic carbocycles. The van der Waals surface area contributed by atoms with Gasteiger partial charge >= 0.3 is 5.97 Å². The van der Waals surface area contributed by atoms with Crippen molar-refractivity contribution in [3.8, 4) is 0 Å². The maximum Gasteiger partial charge on any atom is 0.305 e. The molecule has 0 aromatic carbocycles. The number of rotatable bonds is 72. The van der Waals surface area contributed by atoms with E-state index in [0.29, 0.717) is 25.9 Å². The Morgan fingerprint density at radius 2 is 0.585 bits per heavy atom. The minimum atomic E-state index is -0.662. The molecule has 6 nitrogen and oxygen atoms in total. The Labute approximate surface area is 514 Å². The number of carbonyl (C=O) groups is 2. The van der Waals surface area contributed by atoms with E-state index in [2.05, 4.69) is 31.3 Å². The zero-order valence-electron chi connectivity index (χ0n) is 56.0. The van der Waals surface area contributed by atoms with Crippen LogP contribution in [0.2, 0.25) is 0 Å². The highest BCUT2D eigenvalue weighted by Gasteiger charge is 2.20. The van der Waals surface area contributed by atoms with Crippen LogP contribution in [0.4, 0.5) is 0 Å². The first-order valence-corrected chi connectivity index (χ1v) is 37.9. The summed E-state index contributed by atoms with van der Waals surface area (Å²) in [4.78, 5) is 24.6. The molecule has 6 heteroatoms. The lowest BCUT2D eigenvalue weighted by Crippen LogP contribution is -2.45. The third-order valence-electron chi connectivity index (χ3n) is 18.1. The van der Waals surface area contributed by atoms with Crippen molar-refractivity contribution >= 4 is 11.9 Å². The molecule has 82 heavy (non-hydrogen) atoms. The van der Waals surface area contributed by atoms with Gasteiger partial charge in [-0.15, -0.1) is 0 Å². The second kappa shape index (κ2) is 72.1. The summed E-state index contributed by atoms with van der Waals surface area (Å²) in [6.07, 6.45) is 90.1. The monoisotopic (exact) mass is 1160 g/mol. The number of esters is 1. The van der Waals surface area contributed by atoms with Crippen LogP contribution in [-0.2, 0) is 14.3 Å². The van der Waals surface area contributed by atoms with Crippen LogP contribution in [-0.4, -0.2) is 47.4 Å². The van der Waals surface area contributed by atoms with Crippen LogP contribution < -0.4 is 5.32 Å². The van der Waals surface area contributed by atoms with Crippen molar-refractivity contribution < 1.29 is 24.5 Å². The largest absolute Gasteiger partial charge is 0.466 e. The van der Waals surface area contributed by atoms with E-state index in [1.807, 2.05) is 0 Å². The average Bonchev–Trinajstić information content (AvgIpc) is 3.48. The molecule has 2 unspecified atom stereocenters. The summed E-state index contributed by atoms with van der Waals surface area (Å²) in [5, 5.41) is 23.5.